The fourth-order valence-corrected chi connectivity index (χ4v) is 3.73. The Morgan fingerprint density at radius 2 is 2.04 bits per heavy atom. The van der Waals surface area contributed by atoms with Gasteiger partial charge in [-0.3, -0.25) is 10.1 Å². The maximum absolute atomic E-state index is 12.8. The summed E-state index contributed by atoms with van der Waals surface area (Å²) in [6, 6.07) is 10.4. The van der Waals surface area contributed by atoms with Gasteiger partial charge < -0.3 is 4.42 Å². The quantitative estimate of drug-likeness (QED) is 0.579. The van der Waals surface area contributed by atoms with Crippen LogP contribution in [0.25, 0.3) is 22.1 Å². The minimum Gasteiger partial charge on any atom is -0.459 e. The van der Waals surface area contributed by atoms with Gasteiger partial charge in [0.05, 0.1) is 18.7 Å². The van der Waals surface area contributed by atoms with Crippen LogP contribution in [0, 0.1) is 26.2 Å². The van der Waals surface area contributed by atoms with Crippen molar-refractivity contribution in [2.45, 2.75) is 26.8 Å². The van der Waals surface area contributed by atoms with Crippen LogP contribution in [-0.2, 0) is 13.0 Å². The molecule has 3 nitrogen and oxygen atoms in total. The standard InChI is InChI=1S/C22H19NO2/c1-4-10-23-12-20-14(3)21-19(24)11-18-16-7-5-6-13(2)15(16)8-9-17(18)22(21)25-20/h1,5-9,23H,10-12H2,2-3H3. The van der Waals surface area contributed by atoms with Crippen LogP contribution in [-0.4, -0.2) is 12.3 Å². The van der Waals surface area contributed by atoms with Crippen molar-refractivity contribution in [1.82, 2.24) is 5.32 Å². The van der Waals surface area contributed by atoms with Crippen LogP contribution in [0.4, 0.5) is 0 Å². The fraction of sp³-hybridized carbons (Fsp3) is 0.227. The number of fused-ring (bicyclic) bond motifs is 5. The smallest absolute Gasteiger partial charge is 0.171 e. The van der Waals surface area contributed by atoms with Gasteiger partial charge in [-0.25, -0.2) is 0 Å². The number of rotatable bonds is 3. The monoisotopic (exact) mass is 329 g/mol. The summed E-state index contributed by atoms with van der Waals surface area (Å²) in [4.78, 5) is 12.8. The zero-order valence-electron chi connectivity index (χ0n) is 14.4. The van der Waals surface area contributed by atoms with Gasteiger partial charge in [-0.15, -0.1) is 6.42 Å². The first kappa shape index (κ1) is 15.7. The van der Waals surface area contributed by atoms with Gasteiger partial charge in [0, 0.05) is 17.5 Å². The van der Waals surface area contributed by atoms with Crippen molar-refractivity contribution in [1.29, 1.82) is 0 Å². The van der Waals surface area contributed by atoms with Crippen molar-refractivity contribution in [3.8, 4) is 23.7 Å². The average molecular weight is 329 g/mol. The molecule has 1 aromatic heterocycles. The molecule has 0 aliphatic heterocycles. The zero-order chi connectivity index (χ0) is 17.6. The number of Topliss-reactive ketones (excluding diaryl/α,β-unsaturated/α-hetero) is 1. The summed E-state index contributed by atoms with van der Waals surface area (Å²) >= 11 is 0. The summed E-state index contributed by atoms with van der Waals surface area (Å²) in [5.74, 6) is 4.16. The molecule has 3 heteroatoms. The maximum Gasteiger partial charge on any atom is 0.171 e. The molecule has 1 aliphatic rings. The molecule has 124 valence electrons. The van der Waals surface area contributed by atoms with Crippen molar-refractivity contribution < 1.29 is 9.21 Å². The molecule has 1 aliphatic carbocycles. The van der Waals surface area contributed by atoms with E-state index in [2.05, 4.69) is 42.4 Å². The number of hydrogen-bond acceptors (Lipinski definition) is 3. The molecule has 0 unspecified atom stereocenters. The Bertz CT molecular complexity index is 1050. The highest BCUT2D eigenvalue weighted by Gasteiger charge is 2.31. The molecule has 1 N–H and O–H groups in total. The molecule has 3 aromatic rings. The van der Waals surface area contributed by atoms with Crippen LogP contribution < -0.4 is 5.32 Å². The number of furan rings is 1. The van der Waals surface area contributed by atoms with Gasteiger partial charge in [0.2, 0.25) is 0 Å². The number of carbonyl (C=O) groups excluding carboxylic acids is 1. The Hall–Kier alpha value is -2.83. The Morgan fingerprint density at radius 3 is 2.84 bits per heavy atom. The van der Waals surface area contributed by atoms with Gasteiger partial charge in [-0.1, -0.05) is 36.3 Å². The highest BCUT2D eigenvalue weighted by atomic mass is 16.3. The Kier molecular flexibility index (Phi) is 3.71. The van der Waals surface area contributed by atoms with Gasteiger partial charge in [0.1, 0.15) is 11.5 Å². The predicted molar refractivity (Wildman–Crippen MR) is 99.7 cm³/mol. The summed E-state index contributed by atoms with van der Waals surface area (Å²) in [6.45, 7) is 5.04. The van der Waals surface area contributed by atoms with Gasteiger partial charge in [0.25, 0.3) is 0 Å². The molecule has 25 heavy (non-hydrogen) atoms. The third-order valence-electron chi connectivity index (χ3n) is 5.01. The topological polar surface area (TPSA) is 42.2 Å². The SMILES string of the molecule is C#CCNCc1oc2c(c1C)C(=O)Cc1c-2ccc2c(C)cccc12. The highest BCUT2D eigenvalue weighted by Crippen LogP contribution is 2.41. The van der Waals surface area contributed by atoms with Gasteiger partial charge >= 0.3 is 0 Å². The number of hydrogen-bond donors (Lipinski definition) is 1. The minimum absolute atomic E-state index is 0.126. The average Bonchev–Trinajstić information content (AvgIpc) is 2.93. The van der Waals surface area contributed by atoms with Crippen molar-refractivity contribution >= 4 is 16.6 Å². The first-order valence-corrected chi connectivity index (χ1v) is 8.43. The van der Waals surface area contributed by atoms with E-state index >= 15 is 0 Å². The van der Waals surface area contributed by atoms with E-state index in [-0.39, 0.29) is 5.78 Å². The molecule has 4 rings (SSSR count). The van der Waals surface area contributed by atoms with Crippen molar-refractivity contribution in [3.05, 3.63) is 58.3 Å². The van der Waals surface area contributed by atoms with E-state index in [9.17, 15) is 4.79 Å². The number of ketones is 1. The second kappa shape index (κ2) is 5.91. The zero-order valence-corrected chi connectivity index (χ0v) is 14.4. The number of nitrogens with one attached hydrogen (secondary N) is 1. The normalized spacial score (nSPS) is 12.8. The lowest BCUT2D eigenvalue weighted by atomic mass is 9.84. The summed E-state index contributed by atoms with van der Waals surface area (Å²) in [5, 5.41) is 5.46. The van der Waals surface area contributed by atoms with E-state index in [1.54, 1.807) is 0 Å². The molecule has 2 aromatic carbocycles. The van der Waals surface area contributed by atoms with E-state index in [0.717, 1.165) is 33.4 Å². The minimum atomic E-state index is 0.126. The predicted octanol–water partition coefficient (Wildman–Crippen LogP) is 4.18. The molecule has 0 fully saturated rings. The number of benzene rings is 2. The maximum atomic E-state index is 12.8. The third kappa shape index (κ3) is 2.38. The van der Waals surface area contributed by atoms with E-state index in [1.165, 1.54) is 10.9 Å². The lowest BCUT2D eigenvalue weighted by Gasteiger charge is -2.18. The van der Waals surface area contributed by atoms with Crippen LogP contribution in [0.5, 0.6) is 0 Å². The van der Waals surface area contributed by atoms with E-state index < -0.39 is 0 Å². The van der Waals surface area contributed by atoms with Crippen LogP contribution in [0.1, 0.15) is 32.8 Å². The van der Waals surface area contributed by atoms with Gasteiger partial charge in [0.15, 0.2) is 5.78 Å². The van der Waals surface area contributed by atoms with Crippen LogP contribution in [0.15, 0.2) is 34.7 Å². The molecule has 0 amide bonds. The van der Waals surface area contributed by atoms with Crippen LogP contribution >= 0.6 is 0 Å². The summed E-state index contributed by atoms with van der Waals surface area (Å²) < 4.78 is 6.11. The van der Waals surface area contributed by atoms with Gasteiger partial charge in [-0.05, 0) is 35.7 Å². The number of carbonyl (C=O) groups is 1. The molecule has 0 radical (unpaired) electrons. The lowest BCUT2D eigenvalue weighted by molar-refractivity contribution is 0.0991. The molecule has 0 bridgehead atoms. The number of aryl methyl sites for hydroxylation is 1. The first-order valence-electron chi connectivity index (χ1n) is 8.43. The second-order valence-corrected chi connectivity index (χ2v) is 6.52. The van der Waals surface area contributed by atoms with E-state index in [0.29, 0.717) is 25.3 Å². The van der Waals surface area contributed by atoms with Crippen LogP contribution in [0.2, 0.25) is 0 Å². The molecule has 1 heterocycles. The Labute approximate surface area is 147 Å². The van der Waals surface area contributed by atoms with Crippen molar-refractivity contribution in [3.63, 3.8) is 0 Å². The number of terminal acetylenes is 1. The van der Waals surface area contributed by atoms with Crippen molar-refractivity contribution in [2.24, 2.45) is 0 Å². The van der Waals surface area contributed by atoms with E-state index in [4.69, 9.17) is 10.8 Å². The van der Waals surface area contributed by atoms with E-state index in [1.807, 2.05) is 13.0 Å². The first-order chi connectivity index (χ1) is 12.1. The summed E-state index contributed by atoms with van der Waals surface area (Å²) in [7, 11) is 0. The third-order valence-corrected chi connectivity index (χ3v) is 5.01. The molecule has 0 saturated carbocycles. The second-order valence-electron chi connectivity index (χ2n) is 6.52. The molecule has 0 atom stereocenters. The van der Waals surface area contributed by atoms with Gasteiger partial charge in [-0.2, -0.15) is 0 Å². The molecule has 0 spiro atoms. The van der Waals surface area contributed by atoms with Crippen LogP contribution in [0.3, 0.4) is 0 Å². The van der Waals surface area contributed by atoms with Crippen molar-refractivity contribution in [2.75, 3.05) is 6.54 Å². The fourth-order valence-electron chi connectivity index (χ4n) is 3.73. The summed E-state index contributed by atoms with van der Waals surface area (Å²) in [6.07, 6.45) is 5.70. The Morgan fingerprint density at radius 1 is 1.20 bits per heavy atom. The lowest BCUT2D eigenvalue weighted by Crippen LogP contribution is -2.14. The largest absolute Gasteiger partial charge is 0.459 e. The molecular weight excluding hydrogens is 310 g/mol. The highest BCUT2D eigenvalue weighted by molar-refractivity contribution is 6.11. The molecular formula is C22H19NO2. The Balaban J connectivity index is 1.90. The molecule has 0 saturated heterocycles. The summed E-state index contributed by atoms with van der Waals surface area (Å²) in [5.41, 5.74) is 4.94.